The van der Waals surface area contributed by atoms with Gasteiger partial charge in [-0.15, -0.1) is 0 Å². The topological polar surface area (TPSA) is 58.6 Å². The molecule has 2 amide bonds. The van der Waals surface area contributed by atoms with E-state index in [9.17, 15) is 9.59 Å². The second-order valence-electron chi connectivity index (χ2n) is 6.38. The molecule has 1 heterocycles. The fourth-order valence-corrected chi connectivity index (χ4v) is 3.46. The largest absolute Gasteiger partial charge is 0.382 e. The first-order valence-electron chi connectivity index (χ1n) is 6.99. The molecule has 1 saturated carbocycles. The number of piperazine rings is 1. The zero-order chi connectivity index (χ0) is 14.3. The van der Waals surface area contributed by atoms with E-state index in [0.717, 1.165) is 25.7 Å². The van der Waals surface area contributed by atoms with Crippen molar-refractivity contribution in [3.8, 4) is 0 Å². The number of carbonyl (C=O) groups excluding carboxylic acids is 2. The molecule has 5 nitrogen and oxygen atoms in total. The van der Waals surface area contributed by atoms with Gasteiger partial charge in [0.25, 0.3) is 0 Å². The van der Waals surface area contributed by atoms with Crippen molar-refractivity contribution >= 4 is 11.8 Å². The van der Waals surface area contributed by atoms with Crippen LogP contribution in [-0.2, 0) is 14.3 Å². The summed E-state index contributed by atoms with van der Waals surface area (Å²) in [5, 5.41) is 2.96. The molecule has 1 aliphatic heterocycles. The summed E-state index contributed by atoms with van der Waals surface area (Å²) in [6, 6.07) is -0.441. The SMILES string of the molecule is COCC(C)(C)N1C(=O)C2(CCCC2)NC(=O)C1C. The highest BCUT2D eigenvalue weighted by atomic mass is 16.5. The molecule has 0 aromatic rings. The van der Waals surface area contributed by atoms with Gasteiger partial charge < -0.3 is 15.0 Å². The van der Waals surface area contributed by atoms with Crippen LogP contribution in [0, 0.1) is 0 Å². The molecule has 0 bridgehead atoms. The Labute approximate surface area is 114 Å². The molecule has 2 fully saturated rings. The van der Waals surface area contributed by atoms with Gasteiger partial charge in [-0.05, 0) is 33.6 Å². The van der Waals surface area contributed by atoms with E-state index in [1.54, 1.807) is 18.9 Å². The molecule has 2 aliphatic rings. The molecule has 1 aliphatic carbocycles. The summed E-state index contributed by atoms with van der Waals surface area (Å²) < 4.78 is 5.22. The van der Waals surface area contributed by atoms with Gasteiger partial charge in [0.2, 0.25) is 11.8 Å². The number of amides is 2. The summed E-state index contributed by atoms with van der Waals surface area (Å²) in [5.41, 5.74) is -1.13. The maximum Gasteiger partial charge on any atom is 0.249 e. The van der Waals surface area contributed by atoms with Crippen LogP contribution in [0.1, 0.15) is 46.5 Å². The Kier molecular flexibility index (Phi) is 3.60. The molecule has 1 unspecified atom stereocenters. The fourth-order valence-electron chi connectivity index (χ4n) is 3.46. The summed E-state index contributed by atoms with van der Waals surface area (Å²) in [6.45, 7) is 6.11. The molecule has 1 N–H and O–H groups in total. The Morgan fingerprint density at radius 3 is 2.47 bits per heavy atom. The molecule has 1 spiro atoms. The van der Waals surface area contributed by atoms with Crippen LogP contribution in [0.15, 0.2) is 0 Å². The third-order valence-corrected chi connectivity index (χ3v) is 4.36. The van der Waals surface area contributed by atoms with Crippen LogP contribution in [0.3, 0.4) is 0 Å². The van der Waals surface area contributed by atoms with Crippen LogP contribution < -0.4 is 5.32 Å². The highest BCUT2D eigenvalue weighted by Gasteiger charge is 2.54. The molecule has 0 aromatic carbocycles. The number of rotatable bonds is 3. The summed E-state index contributed by atoms with van der Waals surface area (Å²) in [5.74, 6) is 0.00447. The zero-order valence-electron chi connectivity index (χ0n) is 12.3. The minimum absolute atomic E-state index is 0.0503. The molecule has 5 heteroatoms. The summed E-state index contributed by atoms with van der Waals surface area (Å²) in [7, 11) is 1.62. The van der Waals surface area contributed by atoms with E-state index in [0.29, 0.717) is 6.61 Å². The highest BCUT2D eigenvalue weighted by Crippen LogP contribution is 2.37. The molecular formula is C14H24N2O3. The molecule has 108 valence electrons. The standard InChI is InChI=1S/C14H24N2O3/c1-10-11(17)15-14(7-5-6-8-14)12(18)16(10)13(2,3)9-19-4/h10H,5-9H2,1-4H3,(H,15,17). The van der Waals surface area contributed by atoms with Crippen molar-refractivity contribution in [1.29, 1.82) is 0 Å². The average Bonchev–Trinajstić information content (AvgIpc) is 2.76. The van der Waals surface area contributed by atoms with Crippen molar-refractivity contribution in [2.45, 2.75) is 63.6 Å². The van der Waals surface area contributed by atoms with E-state index in [1.807, 2.05) is 13.8 Å². The average molecular weight is 268 g/mol. The monoisotopic (exact) mass is 268 g/mol. The number of carbonyl (C=O) groups is 2. The van der Waals surface area contributed by atoms with Gasteiger partial charge in [0.05, 0.1) is 12.1 Å². The van der Waals surface area contributed by atoms with Crippen molar-refractivity contribution in [2.24, 2.45) is 0 Å². The lowest BCUT2D eigenvalue weighted by Crippen LogP contribution is -2.73. The number of hydrogen-bond acceptors (Lipinski definition) is 3. The minimum Gasteiger partial charge on any atom is -0.382 e. The van der Waals surface area contributed by atoms with Gasteiger partial charge in [0.15, 0.2) is 0 Å². The number of methoxy groups -OCH3 is 1. The van der Waals surface area contributed by atoms with E-state index < -0.39 is 17.1 Å². The lowest BCUT2D eigenvalue weighted by atomic mass is 9.87. The van der Waals surface area contributed by atoms with Gasteiger partial charge in [0.1, 0.15) is 11.6 Å². The molecule has 19 heavy (non-hydrogen) atoms. The Hall–Kier alpha value is -1.10. The van der Waals surface area contributed by atoms with Crippen molar-refractivity contribution in [1.82, 2.24) is 10.2 Å². The van der Waals surface area contributed by atoms with Gasteiger partial charge in [0, 0.05) is 7.11 Å². The maximum atomic E-state index is 12.9. The van der Waals surface area contributed by atoms with Gasteiger partial charge >= 0.3 is 0 Å². The quantitative estimate of drug-likeness (QED) is 0.833. The molecule has 1 saturated heterocycles. The van der Waals surface area contributed by atoms with E-state index in [1.165, 1.54) is 0 Å². The first-order chi connectivity index (χ1) is 8.84. The molecule has 0 radical (unpaired) electrons. The predicted octanol–water partition coefficient (Wildman–Crippen LogP) is 1.07. The minimum atomic E-state index is -0.658. The summed E-state index contributed by atoms with van der Waals surface area (Å²) in [6.07, 6.45) is 3.51. The third-order valence-electron chi connectivity index (χ3n) is 4.36. The van der Waals surface area contributed by atoms with Gasteiger partial charge in [-0.25, -0.2) is 0 Å². The van der Waals surface area contributed by atoms with Gasteiger partial charge in [-0.1, -0.05) is 12.8 Å². The first kappa shape index (κ1) is 14.3. The lowest BCUT2D eigenvalue weighted by molar-refractivity contribution is -0.163. The number of nitrogens with one attached hydrogen (secondary N) is 1. The van der Waals surface area contributed by atoms with Crippen molar-refractivity contribution in [3.63, 3.8) is 0 Å². The summed E-state index contributed by atoms with van der Waals surface area (Å²) in [4.78, 5) is 26.8. The molecular weight excluding hydrogens is 244 g/mol. The van der Waals surface area contributed by atoms with Crippen molar-refractivity contribution in [3.05, 3.63) is 0 Å². The van der Waals surface area contributed by atoms with Crippen LogP contribution in [0.2, 0.25) is 0 Å². The Morgan fingerprint density at radius 1 is 1.37 bits per heavy atom. The van der Waals surface area contributed by atoms with E-state index >= 15 is 0 Å². The van der Waals surface area contributed by atoms with Crippen LogP contribution in [0.25, 0.3) is 0 Å². The smallest absolute Gasteiger partial charge is 0.249 e. The van der Waals surface area contributed by atoms with Crippen LogP contribution in [-0.4, -0.2) is 47.6 Å². The Balaban J connectivity index is 2.34. The molecule has 1 atom stereocenters. The highest BCUT2D eigenvalue weighted by molar-refractivity contribution is 6.00. The second kappa shape index (κ2) is 4.78. The van der Waals surface area contributed by atoms with E-state index in [4.69, 9.17) is 4.74 Å². The predicted molar refractivity (Wildman–Crippen MR) is 71.6 cm³/mol. The number of nitrogens with zero attached hydrogens (tertiary/aromatic N) is 1. The van der Waals surface area contributed by atoms with Crippen LogP contribution in [0.5, 0.6) is 0 Å². The van der Waals surface area contributed by atoms with E-state index in [2.05, 4.69) is 5.32 Å². The zero-order valence-corrected chi connectivity index (χ0v) is 12.3. The lowest BCUT2D eigenvalue weighted by Gasteiger charge is -2.50. The Bertz CT molecular complexity index is 386. The fraction of sp³-hybridized carbons (Fsp3) is 0.857. The normalized spacial score (nSPS) is 26.9. The van der Waals surface area contributed by atoms with Crippen LogP contribution >= 0.6 is 0 Å². The third kappa shape index (κ3) is 2.24. The van der Waals surface area contributed by atoms with Gasteiger partial charge in [-0.2, -0.15) is 0 Å². The first-order valence-corrected chi connectivity index (χ1v) is 6.99. The Morgan fingerprint density at radius 2 is 1.95 bits per heavy atom. The maximum absolute atomic E-state index is 12.9. The van der Waals surface area contributed by atoms with Crippen molar-refractivity contribution < 1.29 is 14.3 Å². The van der Waals surface area contributed by atoms with Crippen molar-refractivity contribution in [2.75, 3.05) is 13.7 Å². The van der Waals surface area contributed by atoms with Gasteiger partial charge in [-0.3, -0.25) is 9.59 Å². The summed E-state index contributed by atoms with van der Waals surface area (Å²) >= 11 is 0. The molecule has 0 aromatic heterocycles. The second-order valence-corrected chi connectivity index (χ2v) is 6.38. The molecule has 2 rings (SSSR count). The van der Waals surface area contributed by atoms with E-state index in [-0.39, 0.29) is 11.8 Å². The number of hydrogen-bond donors (Lipinski definition) is 1. The van der Waals surface area contributed by atoms with Crippen LogP contribution in [0.4, 0.5) is 0 Å². The number of ether oxygens (including phenoxy) is 1.